The summed E-state index contributed by atoms with van der Waals surface area (Å²) < 4.78 is 12.6. The normalized spacial score (nSPS) is 10.0. The van der Waals surface area contributed by atoms with Crippen LogP contribution in [0.15, 0.2) is 39.3 Å². The average Bonchev–Trinajstić information content (AvgIpc) is 2.46. The molecular weight excluding hydrogens is 400 g/mol. The predicted octanol–water partition coefficient (Wildman–Crippen LogP) is 4.66. The van der Waals surface area contributed by atoms with Crippen molar-refractivity contribution in [2.24, 2.45) is 0 Å². The summed E-state index contributed by atoms with van der Waals surface area (Å²) in [6.45, 7) is 0. The quantitative estimate of drug-likeness (QED) is 0.742. The molecule has 0 saturated heterocycles. The minimum absolute atomic E-state index is 0.247. The summed E-state index contributed by atoms with van der Waals surface area (Å²) in [5.41, 5.74) is 7.15. The Morgan fingerprint density at radius 1 is 1.14 bits per heavy atom. The molecule has 2 rings (SSSR count). The Morgan fingerprint density at radius 3 is 2.48 bits per heavy atom. The third-order valence-electron chi connectivity index (χ3n) is 2.82. The van der Waals surface area contributed by atoms with Crippen LogP contribution in [-0.4, -0.2) is 7.11 Å². The van der Waals surface area contributed by atoms with E-state index in [4.69, 9.17) is 20.5 Å². The molecule has 0 aliphatic rings. The lowest BCUT2D eigenvalue weighted by Gasteiger charge is -2.12. The highest BCUT2D eigenvalue weighted by molar-refractivity contribution is 9.11. The third-order valence-corrected chi connectivity index (χ3v) is 4.06. The second kappa shape index (κ2) is 6.83. The molecule has 2 aromatic rings. The van der Waals surface area contributed by atoms with E-state index >= 15 is 0 Å². The van der Waals surface area contributed by atoms with Gasteiger partial charge < -0.3 is 15.2 Å². The number of benzene rings is 2. The van der Waals surface area contributed by atoms with Crippen LogP contribution in [0.3, 0.4) is 0 Å². The lowest BCUT2D eigenvalue weighted by Crippen LogP contribution is -1.95. The minimum atomic E-state index is 0.247. The highest BCUT2D eigenvalue weighted by Crippen LogP contribution is 2.38. The predicted molar refractivity (Wildman–Crippen MR) is 88.6 cm³/mol. The van der Waals surface area contributed by atoms with Gasteiger partial charge in [0.1, 0.15) is 17.2 Å². The molecule has 0 heterocycles. The van der Waals surface area contributed by atoms with Crippen LogP contribution in [0.5, 0.6) is 17.2 Å². The number of methoxy groups -OCH3 is 1. The van der Waals surface area contributed by atoms with Crippen LogP contribution in [-0.2, 0) is 6.42 Å². The SMILES string of the molecule is COc1cc(Br)c(Oc2ccc(N)c(CC#N)c2)cc1Br. The van der Waals surface area contributed by atoms with Crippen molar-refractivity contribution in [2.45, 2.75) is 6.42 Å². The molecule has 0 fully saturated rings. The molecule has 2 aromatic carbocycles. The van der Waals surface area contributed by atoms with E-state index in [-0.39, 0.29) is 6.42 Å². The number of halogens is 2. The van der Waals surface area contributed by atoms with E-state index in [0.717, 1.165) is 14.5 Å². The van der Waals surface area contributed by atoms with Crippen LogP contribution >= 0.6 is 31.9 Å². The van der Waals surface area contributed by atoms with Gasteiger partial charge in [-0.1, -0.05) is 0 Å². The number of rotatable bonds is 4. The highest BCUT2D eigenvalue weighted by atomic mass is 79.9. The molecule has 0 amide bonds. The fourth-order valence-corrected chi connectivity index (χ4v) is 2.64. The molecule has 0 aromatic heterocycles. The first kappa shape index (κ1) is 15.7. The van der Waals surface area contributed by atoms with Gasteiger partial charge in [0.05, 0.1) is 28.5 Å². The van der Waals surface area contributed by atoms with Gasteiger partial charge in [0.2, 0.25) is 0 Å². The van der Waals surface area contributed by atoms with E-state index in [0.29, 0.717) is 22.9 Å². The molecule has 0 atom stereocenters. The summed E-state index contributed by atoms with van der Waals surface area (Å²) in [6.07, 6.45) is 0.247. The lowest BCUT2D eigenvalue weighted by molar-refractivity contribution is 0.409. The Bertz CT molecular complexity index is 712. The van der Waals surface area contributed by atoms with Crippen molar-refractivity contribution < 1.29 is 9.47 Å². The monoisotopic (exact) mass is 410 g/mol. The zero-order chi connectivity index (χ0) is 15.4. The molecule has 0 radical (unpaired) electrons. The zero-order valence-corrected chi connectivity index (χ0v) is 14.4. The van der Waals surface area contributed by atoms with Gasteiger partial charge in [-0.2, -0.15) is 5.26 Å². The number of nitriles is 1. The van der Waals surface area contributed by atoms with Gasteiger partial charge in [-0.25, -0.2) is 0 Å². The van der Waals surface area contributed by atoms with Crippen LogP contribution < -0.4 is 15.2 Å². The summed E-state index contributed by atoms with van der Waals surface area (Å²) in [7, 11) is 1.60. The van der Waals surface area contributed by atoms with Crippen LogP contribution in [0.4, 0.5) is 5.69 Å². The Labute approximate surface area is 139 Å². The summed E-state index contributed by atoms with van der Waals surface area (Å²) in [6, 6.07) is 11.0. The van der Waals surface area contributed by atoms with Gasteiger partial charge in [0.25, 0.3) is 0 Å². The van der Waals surface area contributed by atoms with Crippen molar-refractivity contribution >= 4 is 37.5 Å². The van der Waals surface area contributed by atoms with Crippen molar-refractivity contribution in [3.8, 4) is 23.3 Å². The zero-order valence-electron chi connectivity index (χ0n) is 11.2. The summed E-state index contributed by atoms with van der Waals surface area (Å²) in [5.74, 6) is 1.96. The van der Waals surface area contributed by atoms with Crippen molar-refractivity contribution in [3.05, 3.63) is 44.8 Å². The van der Waals surface area contributed by atoms with Crippen molar-refractivity contribution in [2.75, 3.05) is 12.8 Å². The number of nitrogens with zero attached hydrogens (tertiary/aromatic N) is 1. The fourth-order valence-electron chi connectivity index (χ4n) is 1.76. The van der Waals surface area contributed by atoms with Gasteiger partial charge in [-0.15, -0.1) is 0 Å². The van der Waals surface area contributed by atoms with Gasteiger partial charge in [0.15, 0.2) is 0 Å². The maximum atomic E-state index is 8.79. The molecule has 0 aliphatic heterocycles. The second-order valence-corrected chi connectivity index (χ2v) is 5.92. The highest BCUT2D eigenvalue weighted by Gasteiger charge is 2.10. The average molecular weight is 412 g/mol. The number of hydrogen-bond acceptors (Lipinski definition) is 4. The molecule has 4 nitrogen and oxygen atoms in total. The van der Waals surface area contributed by atoms with E-state index in [1.807, 2.05) is 12.1 Å². The first-order valence-corrected chi connectivity index (χ1v) is 7.60. The number of nitrogen functional groups attached to an aromatic ring is 1. The van der Waals surface area contributed by atoms with E-state index in [9.17, 15) is 0 Å². The summed E-state index contributed by atoms with van der Waals surface area (Å²) >= 11 is 6.86. The summed E-state index contributed by atoms with van der Waals surface area (Å²) in [4.78, 5) is 0. The second-order valence-electron chi connectivity index (χ2n) is 4.21. The molecule has 21 heavy (non-hydrogen) atoms. The van der Waals surface area contributed by atoms with E-state index in [1.54, 1.807) is 25.3 Å². The Kier molecular flexibility index (Phi) is 5.10. The standard InChI is InChI=1S/C15H12Br2N2O2/c1-20-14-7-12(17)15(8-11(14)16)21-10-2-3-13(19)9(6-10)4-5-18/h2-3,6-8H,4,19H2,1H3. The van der Waals surface area contributed by atoms with Gasteiger partial charge in [-0.3, -0.25) is 0 Å². The van der Waals surface area contributed by atoms with Gasteiger partial charge in [-0.05, 0) is 67.8 Å². The van der Waals surface area contributed by atoms with Crippen LogP contribution in [0.25, 0.3) is 0 Å². The first-order chi connectivity index (χ1) is 10.0. The maximum absolute atomic E-state index is 8.79. The van der Waals surface area contributed by atoms with Crippen molar-refractivity contribution in [1.82, 2.24) is 0 Å². The molecule has 0 saturated carbocycles. The largest absolute Gasteiger partial charge is 0.496 e. The number of anilines is 1. The maximum Gasteiger partial charge on any atom is 0.143 e. The van der Waals surface area contributed by atoms with Crippen LogP contribution in [0.2, 0.25) is 0 Å². The minimum Gasteiger partial charge on any atom is -0.496 e. The summed E-state index contributed by atoms with van der Waals surface area (Å²) in [5, 5.41) is 8.79. The molecule has 0 bridgehead atoms. The fraction of sp³-hybridized carbons (Fsp3) is 0.133. The molecule has 0 aliphatic carbocycles. The molecule has 0 unspecified atom stereocenters. The smallest absolute Gasteiger partial charge is 0.143 e. The topological polar surface area (TPSA) is 68.3 Å². The van der Waals surface area contributed by atoms with Gasteiger partial charge >= 0.3 is 0 Å². The Balaban J connectivity index is 2.32. The van der Waals surface area contributed by atoms with E-state index in [2.05, 4.69) is 37.9 Å². The van der Waals surface area contributed by atoms with Gasteiger partial charge in [0, 0.05) is 5.69 Å². The number of nitrogens with two attached hydrogens (primary N) is 1. The Hall–Kier alpha value is -1.71. The third kappa shape index (κ3) is 3.69. The molecular formula is C15H12Br2N2O2. The van der Waals surface area contributed by atoms with Crippen LogP contribution in [0, 0.1) is 11.3 Å². The molecule has 0 spiro atoms. The Morgan fingerprint density at radius 2 is 1.81 bits per heavy atom. The molecule has 6 heteroatoms. The molecule has 2 N–H and O–H groups in total. The molecule has 108 valence electrons. The number of ether oxygens (including phenoxy) is 2. The van der Waals surface area contributed by atoms with Crippen molar-refractivity contribution in [1.29, 1.82) is 5.26 Å². The van der Waals surface area contributed by atoms with Crippen LogP contribution in [0.1, 0.15) is 5.56 Å². The van der Waals surface area contributed by atoms with Crippen molar-refractivity contribution in [3.63, 3.8) is 0 Å². The van der Waals surface area contributed by atoms with E-state index < -0.39 is 0 Å². The number of hydrogen-bond donors (Lipinski definition) is 1. The van der Waals surface area contributed by atoms with E-state index in [1.165, 1.54) is 0 Å². The lowest BCUT2D eigenvalue weighted by atomic mass is 10.1. The first-order valence-electron chi connectivity index (χ1n) is 6.01.